The van der Waals surface area contributed by atoms with E-state index in [0.717, 1.165) is 18.2 Å². The molecule has 0 aliphatic rings. The van der Waals surface area contributed by atoms with E-state index in [9.17, 15) is 14.0 Å². The first-order chi connectivity index (χ1) is 8.38. The van der Waals surface area contributed by atoms with Gasteiger partial charge in [-0.05, 0) is 30.7 Å². The predicted molar refractivity (Wildman–Crippen MR) is 62.4 cm³/mol. The number of rotatable bonds is 5. The van der Waals surface area contributed by atoms with Gasteiger partial charge in [-0.3, -0.25) is 4.79 Å². The maximum Gasteiger partial charge on any atom is 0.328 e. The predicted octanol–water partition coefficient (Wildman–Crippen LogP) is 1.18. The van der Waals surface area contributed by atoms with Crippen LogP contribution in [0.15, 0.2) is 24.3 Å². The van der Waals surface area contributed by atoms with Crippen molar-refractivity contribution in [3.05, 3.63) is 35.7 Å². The number of ether oxygens (including phenoxy) is 1. The van der Waals surface area contributed by atoms with Crippen molar-refractivity contribution in [2.24, 2.45) is 5.73 Å². The lowest BCUT2D eigenvalue weighted by Crippen LogP contribution is -2.30. The first-order valence-electron chi connectivity index (χ1n) is 5.06. The molecule has 6 heteroatoms. The van der Waals surface area contributed by atoms with Gasteiger partial charge in [-0.25, -0.2) is 9.18 Å². The van der Waals surface area contributed by atoms with Gasteiger partial charge in [0, 0.05) is 12.1 Å². The molecular weight excluding hydrogens is 241 g/mol. The number of carboxylic acid groups (broad SMARTS) is 1. The third-order valence-corrected chi connectivity index (χ3v) is 2.03. The van der Waals surface area contributed by atoms with E-state index in [1.165, 1.54) is 19.1 Å². The van der Waals surface area contributed by atoms with E-state index in [0.29, 0.717) is 5.56 Å². The summed E-state index contributed by atoms with van der Waals surface area (Å²) >= 11 is 0. The molecule has 0 aliphatic heterocycles. The summed E-state index contributed by atoms with van der Waals surface area (Å²) in [5.41, 5.74) is 5.32. The fourth-order valence-corrected chi connectivity index (χ4v) is 1.18. The lowest BCUT2D eigenvalue weighted by Gasteiger charge is -2.11. The van der Waals surface area contributed by atoms with Gasteiger partial charge in [-0.2, -0.15) is 0 Å². The summed E-state index contributed by atoms with van der Waals surface area (Å²) in [6.07, 6.45) is 1.19. The van der Waals surface area contributed by atoms with Crippen LogP contribution in [0.5, 0.6) is 5.75 Å². The zero-order chi connectivity index (χ0) is 13.7. The van der Waals surface area contributed by atoms with Crippen LogP contribution in [-0.2, 0) is 9.59 Å². The molecule has 1 aromatic carbocycles. The van der Waals surface area contributed by atoms with Gasteiger partial charge in [0.25, 0.3) is 5.91 Å². The highest BCUT2D eigenvalue weighted by Gasteiger charge is 2.11. The molecule has 1 aromatic rings. The van der Waals surface area contributed by atoms with Crippen LogP contribution in [0, 0.1) is 5.82 Å². The monoisotopic (exact) mass is 253 g/mol. The Hall–Kier alpha value is -2.37. The first-order valence-corrected chi connectivity index (χ1v) is 5.06. The largest absolute Gasteiger partial charge is 0.481 e. The van der Waals surface area contributed by atoms with Crippen molar-refractivity contribution < 1.29 is 23.8 Å². The van der Waals surface area contributed by atoms with Crippen molar-refractivity contribution in [3.8, 4) is 5.75 Å². The summed E-state index contributed by atoms with van der Waals surface area (Å²) in [7, 11) is 0. The van der Waals surface area contributed by atoms with Gasteiger partial charge in [0.2, 0.25) is 0 Å². The molecule has 96 valence electrons. The molecule has 1 atom stereocenters. The van der Waals surface area contributed by atoms with Gasteiger partial charge in [-0.15, -0.1) is 0 Å². The van der Waals surface area contributed by atoms with Gasteiger partial charge in [0.15, 0.2) is 6.10 Å². The van der Waals surface area contributed by atoms with E-state index in [1.54, 1.807) is 0 Å². The Bertz CT molecular complexity index is 499. The second-order valence-corrected chi connectivity index (χ2v) is 3.55. The Morgan fingerprint density at radius 3 is 2.67 bits per heavy atom. The number of hydrogen-bond donors (Lipinski definition) is 2. The average molecular weight is 253 g/mol. The Kier molecular flexibility index (Phi) is 4.42. The van der Waals surface area contributed by atoms with Crippen molar-refractivity contribution in [1.82, 2.24) is 0 Å². The van der Waals surface area contributed by atoms with E-state index < -0.39 is 23.8 Å². The molecule has 0 radical (unpaired) electrons. The second kappa shape index (κ2) is 5.81. The minimum atomic E-state index is -1.15. The molecule has 0 fully saturated rings. The van der Waals surface area contributed by atoms with Gasteiger partial charge in [0.05, 0.1) is 0 Å². The summed E-state index contributed by atoms with van der Waals surface area (Å²) in [6, 6.07) is 3.63. The van der Waals surface area contributed by atoms with Gasteiger partial charge < -0.3 is 15.6 Å². The van der Waals surface area contributed by atoms with Crippen LogP contribution in [0.3, 0.4) is 0 Å². The van der Waals surface area contributed by atoms with Crippen molar-refractivity contribution in [3.63, 3.8) is 0 Å². The molecule has 1 rings (SSSR count). The van der Waals surface area contributed by atoms with Crippen molar-refractivity contribution in [2.75, 3.05) is 0 Å². The maximum absolute atomic E-state index is 13.2. The quantitative estimate of drug-likeness (QED) is 0.771. The van der Waals surface area contributed by atoms with E-state index in [1.807, 2.05) is 0 Å². The van der Waals surface area contributed by atoms with Crippen LogP contribution in [0.1, 0.15) is 12.5 Å². The number of carbonyl (C=O) groups is 2. The van der Waals surface area contributed by atoms with Gasteiger partial charge in [-0.1, -0.05) is 0 Å². The molecule has 0 aromatic heterocycles. The first kappa shape index (κ1) is 13.7. The van der Waals surface area contributed by atoms with E-state index in [4.69, 9.17) is 15.6 Å². The Balaban J connectivity index is 2.93. The second-order valence-electron chi connectivity index (χ2n) is 3.55. The number of nitrogens with two attached hydrogens (primary N) is 1. The molecule has 1 amide bonds. The minimum absolute atomic E-state index is 0.103. The third kappa shape index (κ3) is 4.25. The summed E-state index contributed by atoms with van der Waals surface area (Å²) in [6.45, 7) is 1.43. The normalized spacial score (nSPS) is 12.3. The number of primary amides is 1. The van der Waals surface area contributed by atoms with Crippen LogP contribution >= 0.6 is 0 Å². The molecule has 5 nitrogen and oxygen atoms in total. The lowest BCUT2D eigenvalue weighted by atomic mass is 10.2. The molecule has 0 saturated heterocycles. The van der Waals surface area contributed by atoms with Crippen LogP contribution in [0.25, 0.3) is 6.08 Å². The molecule has 0 heterocycles. The van der Waals surface area contributed by atoms with Gasteiger partial charge >= 0.3 is 5.97 Å². The summed E-state index contributed by atoms with van der Waals surface area (Å²) < 4.78 is 18.3. The molecule has 18 heavy (non-hydrogen) atoms. The molecule has 3 N–H and O–H groups in total. The summed E-state index contributed by atoms with van der Waals surface area (Å²) in [5, 5.41) is 8.46. The number of aliphatic carboxylic acids is 1. The number of carboxylic acids is 1. The molecule has 1 unspecified atom stereocenters. The summed E-state index contributed by atoms with van der Waals surface area (Å²) in [5.74, 6) is -2.32. The van der Waals surface area contributed by atoms with Gasteiger partial charge in [0.1, 0.15) is 11.6 Å². The molecule has 0 saturated carbocycles. The molecule has 0 bridgehead atoms. The zero-order valence-electron chi connectivity index (χ0n) is 9.59. The molecular formula is C12H12FNO4. The Labute approximate surface area is 103 Å². The zero-order valence-corrected chi connectivity index (χ0v) is 9.59. The molecule has 0 aliphatic carbocycles. The number of carbonyl (C=O) groups excluding carboxylic acids is 1. The third-order valence-electron chi connectivity index (χ3n) is 2.03. The summed E-state index contributed by atoms with van der Waals surface area (Å²) in [4.78, 5) is 21.1. The van der Waals surface area contributed by atoms with Crippen molar-refractivity contribution in [1.29, 1.82) is 0 Å². The van der Waals surface area contributed by atoms with Crippen molar-refractivity contribution >= 4 is 18.0 Å². The number of hydrogen-bond acceptors (Lipinski definition) is 3. The van der Waals surface area contributed by atoms with E-state index in [2.05, 4.69) is 0 Å². The highest BCUT2D eigenvalue weighted by atomic mass is 19.1. The van der Waals surface area contributed by atoms with Crippen LogP contribution in [-0.4, -0.2) is 23.1 Å². The highest BCUT2D eigenvalue weighted by Crippen LogP contribution is 2.18. The standard InChI is InChI=1S/C12H12FNO4/c1-7(12(14)17)18-10-5-8(2-3-11(15)16)4-9(13)6-10/h2-7H,1H3,(H2,14,17)(H,15,16)/b3-2+. The topological polar surface area (TPSA) is 89.6 Å². The van der Waals surface area contributed by atoms with Crippen LogP contribution in [0.2, 0.25) is 0 Å². The van der Waals surface area contributed by atoms with E-state index in [-0.39, 0.29) is 5.75 Å². The maximum atomic E-state index is 13.2. The van der Waals surface area contributed by atoms with E-state index >= 15 is 0 Å². The van der Waals surface area contributed by atoms with Crippen LogP contribution in [0.4, 0.5) is 4.39 Å². The minimum Gasteiger partial charge on any atom is -0.481 e. The average Bonchev–Trinajstić information content (AvgIpc) is 2.25. The number of amides is 1. The lowest BCUT2D eigenvalue weighted by molar-refractivity contribution is -0.131. The fraction of sp³-hybridized carbons (Fsp3) is 0.167. The smallest absolute Gasteiger partial charge is 0.328 e. The van der Waals surface area contributed by atoms with Crippen molar-refractivity contribution in [2.45, 2.75) is 13.0 Å². The highest BCUT2D eigenvalue weighted by molar-refractivity contribution is 5.85. The Morgan fingerprint density at radius 2 is 2.11 bits per heavy atom. The SMILES string of the molecule is CC(Oc1cc(F)cc(/C=C/C(=O)O)c1)C(N)=O. The Morgan fingerprint density at radius 1 is 1.44 bits per heavy atom. The fourth-order valence-electron chi connectivity index (χ4n) is 1.18. The molecule has 0 spiro atoms. The number of halogens is 1. The number of benzene rings is 1. The van der Waals surface area contributed by atoms with Crippen LogP contribution < -0.4 is 10.5 Å².